The minimum absolute atomic E-state index is 0.0310. The van der Waals surface area contributed by atoms with Crippen LogP contribution in [-0.2, 0) is 17.6 Å². The summed E-state index contributed by atoms with van der Waals surface area (Å²) in [5.41, 5.74) is 8.30. The summed E-state index contributed by atoms with van der Waals surface area (Å²) in [6.07, 6.45) is 3.92. The number of rotatable bonds is 3. The second-order valence-electron chi connectivity index (χ2n) is 7.02. The third kappa shape index (κ3) is 3.84. The lowest BCUT2D eigenvalue weighted by atomic mass is 9.94. The number of carbonyl (C=O) groups is 1. The number of aromatic nitrogens is 2. The van der Waals surface area contributed by atoms with Crippen molar-refractivity contribution in [3.8, 4) is 0 Å². The van der Waals surface area contributed by atoms with Crippen LogP contribution in [0.4, 0.5) is 5.95 Å². The first-order valence-corrected chi connectivity index (χ1v) is 8.71. The zero-order valence-electron chi connectivity index (χ0n) is 14.6. The summed E-state index contributed by atoms with van der Waals surface area (Å²) < 4.78 is 5.68. The Morgan fingerprint density at radius 2 is 2.12 bits per heavy atom. The zero-order chi connectivity index (χ0) is 17.1. The number of fused-ring (bicyclic) bond motifs is 1. The SMILES string of the molecule is CN(C)CC1COCCN(C(=O)c2nc(N)nc3c2CCCC3)C1. The number of hydrogen-bond donors (Lipinski definition) is 1. The molecule has 3 rings (SSSR count). The van der Waals surface area contributed by atoms with Crippen molar-refractivity contribution in [3.05, 3.63) is 17.0 Å². The molecule has 132 valence electrons. The van der Waals surface area contributed by atoms with Gasteiger partial charge in [0.25, 0.3) is 5.91 Å². The molecule has 7 nitrogen and oxygen atoms in total. The molecule has 7 heteroatoms. The van der Waals surface area contributed by atoms with Gasteiger partial charge in [0.15, 0.2) is 0 Å². The topological polar surface area (TPSA) is 84.6 Å². The Labute approximate surface area is 143 Å². The van der Waals surface area contributed by atoms with Crippen LogP contribution in [0.25, 0.3) is 0 Å². The molecule has 2 N–H and O–H groups in total. The second kappa shape index (κ2) is 7.44. The highest BCUT2D eigenvalue weighted by molar-refractivity contribution is 5.94. The first kappa shape index (κ1) is 17.1. The lowest BCUT2D eigenvalue weighted by Gasteiger charge is -2.26. The molecule has 1 amide bonds. The van der Waals surface area contributed by atoms with Gasteiger partial charge in [-0.1, -0.05) is 0 Å². The number of carbonyl (C=O) groups excluding carboxylic acids is 1. The van der Waals surface area contributed by atoms with Crippen molar-refractivity contribution in [2.45, 2.75) is 25.7 Å². The van der Waals surface area contributed by atoms with Gasteiger partial charge in [-0.2, -0.15) is 0 Å². The Morgan fingerprint density at radius 1 is 1.33 bits per heavy atom. The molecule has 24 heavy (non-hydrogen) atoms. The smallest absolute Gasteiger partial charge is 0.273 e. The predicted molar refractivity (Wildman–Crippen MR) is 91.9 cm³/mol. The van der Waals surface area contributed by atoms with Gasteiger partial charge >= 0.3 is 0 Å². The van der Waals surface area contributed by atoms with Gasteiger partial charge in [0.05, 0.1) is 13.2 Å². The highest BCUT2D eigenvalue weighted by Gasteiger charge is 2.28. The quantitative estimate of drug-likeness (QED) is 0.871. The van der Waals surface area contributed by atoms with Crippen LogP contribution in [0.5, 0.6) is 0 Å². The van der Waals surface area contributed by atoms with E-state index < -0.39 is 0 Å². The van der Waals surface area contributed by atoms with Crippen molar-refractivity contribution < 1.29 is 9.53 Å². The van der Waals surface area contributed by atoms with Crippen LogP contribution in [-0.4, -0.2) is 72.6 Å². The fourth-order valence-electron chi connectivity index (χ4n) is 3.63. The van der Waals surface area contributed by atoms with Crippen LogP contribution in [0, 0.1) is 5.92 Å². The van der Waals surface area contributed by atoms with E-state index in [2.05, 4.69) is 14.9 Å². The van der Waals surface area contributed by atoms with Crippen molar-refractivity contribution in [1.82, 2.24) is 19.8 Å². The maximum atomic E-state index is 13.1. The van der Waals surface area contributed by atoms with Crippen molar-refractivity contribution in [1.29, 1.82) is 0 Å². The van der Waals surface area contributed by atoms with E-state index in [0.717, 1.165) is 43.5 Å². The Balaban J connectivity index is 1.83. The summed E-state index contributed by atoms with van der Waals surface area (Å²) in [5, 5.41) is 0. The van der Waals surface area contributed by atoms with E-state index >= 15 is 0 Å². The molecule has 1 aromatic heterocycles. The minimum Gasteiger partial charge on any atom is -0.379 e. The molecule has 0 saturated carbocycles. The third-order valence-corrected chi connectivity index (χ3v) is 4.65. The Bertz CT molecular complexity index is 605. The number of anilines is 1. The van der Waals surface area contributed by atoms with Gasteiger partial charge in [-0.15, -0.1) is 0 Å². The summed E-state index contributed by atoms with van der Waals surface area (Å²) in [4.78, 5) is 25.8. The Kier molecular flexibility index (Phi) is 5.30. The van der Waals surface area contributed by atoms with Gasteiger partial charge < -0.3 is 20.3 Å². The van der Waals surface area contributed by atoms with E-state index in [4.69, 9.17) is 10.5 Å². The molecule has 0 bridgehead atoms. The standard InChI is InChI=1S/C17H27N5O2/c1-21(2)9-12-10-22(7-8-24-11-12)16(23)15-13-5-3-4-6-14(13)19-17(18)20-15/h12H,3-11H2,1-2H3,(H2,18,19,20). The van der Waals surface area contributed by atoms with Crippen molar-refractivity contribution in [2.24, 2.45) is 5.92 Å². The molecule has 1 atom stereocenters. The van der Waals surface area contributed by atoms with Gasteiger partial charge in [0, 0.05) is 36.8 Å². The number of ether oxygens (including phenoxy) is 1. The van der Waals surface area contributed by atoms with Gasteiger partial charge in [0.1, 0.15) is 5.69 Å². The molecule has 1 aliphatic carbocycles. The lowest BCUT2D eigenvalue weighted by Crippen LogP contribution is -2.39. The van der Waals surface area contributed by atoms with E-state index in [1.807, 2.05) is 19.0 Å². The summed E-state index contributed by atoms with van der Waals surface area (Å²) in [7, 11) is 4.08. The van der Waals surface area contributed by atoms with E-state index in [9.17, 15) is 4.79 Å². The van der Waals surface area contributed by atoms with Gasteiger partial charge in [-0.05, 0) is 39.8 Å². The van der Waals surface area contributed by atoms with E-state index in [-0.39, 0.29) is 11.9 Å². The van der Waals surface area contributed by atoms with Crippen LogP contribution < -0.4 is 5.73 Å². The Hall–Kier alpha value is -1.73. The van der Waals surface area contributed by atoms with Crippen LogP contribution >= 0.6 is 0 Å². The molecule has 0 spiro atoms. The number of nitrogens with two attached hydrogens (primary N) is 1. The summed E-state index contributed by atoms with van der Waals surface area (Å²) >= 11 is 0. The van der Waals surface area contributed by atoms with E-state index in [1.165, 1.54) is 0 Å². The molecule has 1 unspecified atom stereocenters. The van der Waals surface area contributed by atoms with Gasteiger partial charge in [-0.25, -0.2) is 9.97 Å². The predicted octanol–water partition coefficient (Wildman–Crippen LogP) is 0.588. The fourth-order valence-corrected chi connectivity index (χ4v) is 3.63. The highest BCUT2D eigenvalue weighted by Crippen LogP contribution is 2.24. The first-order valence-electron chi connectivity index (χ1n) is 8.71. The van der Waals surface area contributed by atoms with Crippen molar-refractivity contribution in [3.63, 3.8) is 0 Å². The van der Waals surface area contributed by atoms with E-state index in [1.54, 1.807) is 0 Å². The van der Waals surface area contributed by atoms with Crippen molar-refractivity contribution in [2.75, 3.05) is 52.7 Å². The average molecular weight is 333 g/mol. The van der Waals surface area contributed by atoms with Crippen LogP contribution in [0.2, 0.25) is 0 Å². The number of nitrogens with zero attached hydrogens (tertiary/aromatic N) is 4. The molecule has 2 heterocycles. The van der Waals surface area contributed by atoms with Crippen LogP contribution in [0.3, 0.4) is 0 Å². The van der Waals surface area contributed by atoms with E-state index in [0.29, 0.717) is 37.9 Å². The first-order chi connectivity index (χ1) is 11.5. The molecule has 1 aromatic rings. The number of hydrogen-bond acceptors (Lipinski definition) is 6. The lowest BCUT2D eigenvalue weighted by molar-refractivity contribution is 0.0727. The summed E-state index contributed by atoms with van der Waals surface area (Å²) in [5.74, 6) is 0.480. The molecule has 1 saturated heterocycles. The van der Waals surface area contributed by atoms with Crippen LogP contribution in [0.1, 0.15) is 34.6 Å². The molecule has 0 radical (unpaired) electrons. The number of aryl methyl sites for hydroxylation is 1. The maximum absolute atomic E-state index is 13.1. The molecule has 0 aromatic carbocycles. The fraction of sp³-hybridized carbons (Fsp3) is 0.706. The maximum Gasteiger partial charge on any atom is 0.273 e. The largest absolute Gasteiger partial charge is 0.379 e. The zero-order valence-corrected chi connectivity index (χ0v) is 14.6. The summed E-state index contributed by atoms with van der Waals surface area (Å²) in [6, 6.07) is 0. The highest BCUT2D eigenvalue weighted by atomic mass is 16.5. The minimum atomic E-state index is -0.0310. The van der Waals surface area contributed by atoms with Crippen molar-refractivity contribution >= 4 is 11.9 Å². The molecule has 2 aliphatic rings. The van der Waals surface area contributed by atoms with Gasteiger partial charge in [0.2, 0.25) is 5.95 Å². The summed E-state index contributed by atoms with van der Waals surface area (Å²) in [6.45, 7) is 3.44. The normalized spacial score (nSPS) is 21.5. The monoisotopic (exact) mass is 333 g/mol. The number of amides is 1. The Morgan fingerprint density at radius 3 is 2.92 bits per heavy atom. The average Bonchev–Trinajstić information content (AvgIpc) is 2.78. The van der Waals surface area contributed by atoms with Crippen LogP contribution in [0.15, 0.2) is 0 Å². The number of nitrogen functional groups attached to an aromatic ring is 1. The molecular weight excluding hydrogens is 306 g/mol. The molecular formula is C17H27N5O2. The third-order valence-electron chi connectivity index (χ3n) is 4.65. The molecule has 1 fully saturated rings. The van der Waals surface area contributed by atoms with Gasteiger partial charge in [-0.3, -0.25) is 4.79 Å². The second-order valence-corrected chi connectivity index (χ2v) is 7.02. The molecule has 1 aliphatic heterocycles.